The zero-order valence-corrected chi connectivity index (χ0v) is 11.5. The van der Waals surface area contributed by atoms with E-state index in [-0.39, 0.29) is 11.5 Å². The van der Waals surface area contributed by atoms with E-state index in [2.05, 4.69) is 16.7 Å². The van der Waals surface area contributed by atoms with Gasteiger partial charge in [0.05, 0.1) is 18.1 Å². The van der Waals surface area contributed by atoms with Gasteiger partial charge in [-0.25, -0.2) is 8.42 Å². The van der Waals surface area contributed by atoms with E-state index in [0.717, 1.165) is 5.56 Å². The molecule has 1 aromatic carbocycles. The molecule has 0 atom stereocenters. The Balaban J connectivity index is 1.88. The third kappa shape index (κ3) is 4.02. The van der Waals surface area contributed by atoms with E-state index < -0.39 is 9.84 Å². The Hall–Kier alpha value is -1.02. The summed E-state index contributed by atoms with van der Waals surface area (Å²) in [5, 5.41) is 0.696. The van der Waals surface area contributed by atoms with Gasteiger partial charge in [-0.3, -0.25) is 4.90 Å². The van der Waals surface area contributed by atoms with E-state index >= 15 is 0 Å². The first-order valence-corrected chi connectivity index (χ1v) is 7.92. The molecule has 3 nitrogen and oxygen atoms in total. The van der Waals surface area contributed by atoms with Crippen LogP contribution in [0.5, 0.6) is 0 Å². The third-order valence-corrected chi connectivity index (χ3v) is 4.68. The summed E-state index contributed by atoms with van der Waals surface area (Å²) >= 11 is 5.78. The van der Waals surface area contributed by atoms with E-state index in [0.29, 0.717) is 24.7 Å². The van der Waals surface area contributed by atoms with Gasteiger partial charge in [0.15, 0.2) is 9.84 Å². The van der Waals surface area contributed by atoms with Crippen molar-refractivity contribution in [1.29, 1.82) is 0 Å². The Morgan fingerprint density at radius 3 is 2.39 bits per heavy atom. The smallest absolute Gasteiger partial charge is 0.152 e. The molecule has 2 rings (SSSR count). The van der Waals surface area contributed by atoms with Crippen LogP contribution in [0.3, 0.4) is 0 Å². The van der Waals surface area contributed by atoms with Crippen molar-refractivity contribution >= 4 is 21.4 Å². The normalized spacial score (nSPS) is 18.9. The van der Waals surface area contributed by atoms with Crippen molar-refractivity contribution in [3.05, 3.63) is 34.9 Å². The number of hydrogen-bond acceptors (Lipinski definition) is 3. The number of hydrogen-bond donors (Lipinski definition) is 0. The first-order chi connectivity index (χ1) is 8.55. The summed E-state index contributed by atoms with van der Waals surface area (Å²) in [5.41, 5.74) is 0.920. The van der Waals surface area contributed by atoms with Crippen LogP contribution in [0.1, 0.15) is 5.56 Å². The molecule has 0 radical (unpaired) electrons. The Morgan fingerprint density at radius 2 is 1.78 bits per heavy atom. The molecule has 1 aromatic rings. The largest absolute Gasteiger partial charge is 0.290 e. The second-order valence-electron chi connectivity index (χ2n) is 4.24. The van der Waals surface area contributed by atoms with E-state index in [4.69, 9.17) is 11.6 Å². The van der Waals surface area contributed by atoms with Crippen LogP contribution in [0.15, 0.2) is 24.3 Å². The fourth-order valence-corrected chi connectivity index (χ4v) is 3.10. The van der Waals surface area contributed by atoms with Crippen molar-refractivity contribution in [2.45, 2.75) is 0 Å². The second-order valence-corrected chi connectivity index (χ2v) is 6.98. The van der Waals surface area contributed by atoms with E-state index in [9.17, 15) is 8.42 Å². The lowest BCUT2D eigenvalue weighted by atomic mass is 10.2. The van der Waals surface area contributed by atoms with Crippen molar-refractivity contribution in [1.82, 2.24) is 4.90 Å². The fourth-order valence-electron chi connectivity index (χ4n) is 1.69. The Kier molecular flexibility index (Phi) is 4.28. The van der Waals surface area contributed by atoms with Crippen LogP contribution in [0.2, 0.25) is 5.02 Å². The monoisotopic (exact) mass is 283 g/mol. The first kappa shape index (κ1) is 13.4. The van der Waals surface area contributed by atoms with Crippen molar-refractivity contribution in [3.8, 4) is 11.8 Å². The zero-order valence-electron chi connectivity index (χ0n) is 9.89. The predicted octanol–water partition coefficient (Wildman–Crippen LogP) is 1.42. The Bertz CT molecular complexity index is 555. The van der Waals surface area contributed by atoms with Crippen molar-refractivity contribution in [3.63, 3.8) is 0 Å². The molecule has 0 saturated carbocycles. The first-order valence-electron chi connectivity index (χ1n) is 5.72. The summed E-state index contributed by atoms with van der Waals surface area (Å²) in [6.45, 7) is 1.77. The third-order valence-electron chi connectivity index (χ3n) is 2.82. The molecule has 1 fully saturated rings. The molecule has 1 heterocycles. The van der Waals surface area contributed by atoms with Gasteiger partial charge >= 0.3 is 0 Å². The summed E-state index contributed by atoms with van der Waals surface area (Å²) in [7, 11) is -2.80. The average molecular weight is 284 g/mol. The maximum Gasteiger partial charge on any atom is 0.152 e. The van der Waals surface area contributed by atoms with E-state index in [1.807, 2.05) is 12.1 Å². The van der Waals surface area contributed by atoms with Crippen LogP contribution in [-0.2, 0) is 9.84 Å². The minimum atomic E-state index is -2.80. The molecule has 5 heteroatoms. The van der Waals surface area contributed by atoms with E-state index in [1.165, 1.54) is 0 Å². The maximum atomic E-state index is 11.2. The summed E-state index contributed by atoms with van der Waals surface area (Å²) in [5.74, 6) is 6.59. The van der Waals surface area contributed by atoms with Crippen molar-refractivity contribution < 1.29 is 8.42 Å². The lowest BCUT2D eigenvalue weighted by Crippen LogP contribution is -2.40. The van der Waals surface area contributed by atoms with E-state index in [1.54, 1.807) is 12.1 Å². The number of sulfone groups is 1. The van der Waals surface area contributed by atoms with Crippen LogP contribution in [0, 0.1) is 11.8 Å². The summed E-state index contributed by atoms with van der Waals surface area (Å²) in [6.07, 6.45) is 0. The molecule has 96 valence electrons. The van der Waals surface area contributed by atoms with Gasteiger partial charge in [-0.05, 0) is 24.3 Å². The highest BCUT2D eigenvalue weighted by molar-refractivity contribution is 7.91. The molecule has 1 saturated heterocycles. The van der Waals surface area contributed by atoms with Gasteiger partial charge < -0.3 is 0 Å². The molecular weight excluding hydrogens is 270 g/mol. The van der Waals surface area contributed by atoms with Crippen LogP contribution >= 0.6 is 11.6 Å². The zero-order chi connectivity index (χ0) is 13.0. The molecule has 1 aliphatic rings. The lowest BCUT2D eigenvalue weighted by molar-refractivity contribution is 0.332. The van der Waals surface area contributed by atoms with Gasteiger partial charge in [-0.2, -0.15) is 0 Å². The van der Waals surface area contributed by atoms with Crippen molar-refractivity contribution in [2.75, 3.05) is 31.1 Å². The van der Waals surface area contributed by atoms with Crippen LogP contribution < -0.4 is 0 Å². The Labute approximate surface area is 113 Å². The molecule has 0 aromatic heterocycles. The van der Waals surface area contributed by atoms with Gasteiger partial charge in [-0.1, -0.05) is 23.4 Å². The fraction of sp³-hybridized carbons (Fsp3) is 0.385. The molecule has 0 N–H and O–H groups in total. The number of benzene rings is 1. The van der Waals surface area contributed by atoms with Gasteiger partial charge in [0.25, 0.3) is 0 Å². The highest BCUT2D eigenvalue weighted by Gasteiger charge is 2.20. The summed E-state index contributed by atoms with van der Waals surface area (Å²) in [4.78, 5) is 2.06. The number of halogens is 1. The van der Waals surface area contributed by atoms with Gasteiger partial charge in [0.2, 0.25) is 0 Å². The maximum absolute atomic E-state index is 11.2. The minimum absolute atomic E-state index is 0.246. The average Bonchev–Trinajstić information content (AvgIpc) is 2.34. The molecule has 0 bridgehead atoms. The molecule has 0 spiro atoms. The quantitative estimate of drug-likeness (QED) is 0.732. The number of rotatable bonds is 1. The van der Waals surface area contributed by atoms with Gasteiger partial charge in [0, 0.05) is 23.7 Å². The van der Waals surface area contributed by atoms with Gasteiger partial charge in [0.1, 0.15) is 0 Å². The van der Waals surface area contributed by atoms with Crippen LogP contribution in [-0.4, -0.2) is 44.5 Å². The predicted molar refractivity (Wildman–Crippen MR) is 73.4 cm³/mol. The van der Waals surface area contributed by atoms with Crippen LogP contribution in [0.4, 0.5) is 0 Å². The standard InChI is InChI=1S/C13H14ClNO2S/c14-13-5-3-12(4-6-13)2-1-7-15-8-10-18(16,17)11-9-15/h3-6H,7-11H2. The second kappa shape index (κ2) is 5.75. The molecule has 0 unspecified atom stereocenters. The topological polar surface area (TPSA) is 37.4 Å². The SMILES string of the molecule is O=S1(=O)CCN(CC#Cc2ccc(Cl)cc2)CC1. The molecule has 1 aliphatic heterocycles. The highest BCUT2D eigenvalue weighted by Crippen LogP contribution is 2.08. The Morgan fingerprint density at radius 1 is 1.17 bits per heavy atom. The minimum Gasteiger partial charge on any atom is -0.290 e. The molecular formula is C13H14ClNO2S. The summed E-state index contributed by atoms with van der Waals surface area (Å²) < 4.78 is 22.5. The lowest BCUT2D eigenvalue weighted by Gasteiger charge is -2.24. The summed E-state index contributed by atoms with van der Waals surface area (Å²) in [6, 6.07) is 7.35. The highest BCUT2D eigenvalue weighted by atomic mass is 35.5. The molecule has 0 amide bonds. The molecule has 18 heavy (non-hydrogen) atoms. The van der Waals surface area contributed by atoms with Crippen LogP contribution in [0.25, 0.3) is 0 Å². The molecule has 0 aliphatic carbocycles. The van der Waals surface area contributed by atoms with Crippen molar-refractivity contribution in [2.24, 2.45) is 0 Å². The number of nitrogens with zero attached hydrogens (tertiary/aromatic N) is 1. The van der Waals surface area contributed by atoms with Gasteiger partial charge in [-0.15, -0.1) is 0 Å².